The molecular formula is C52H98N2O5. The molecule has 0 atom stereocenters. The first-order chi connectivity index (χ1) is 28.8. The van der Waals surface area contributed by atoms with Gasteiger partial charge in [0.2, 0.25) is 5.91 Å². The van der Waals surface area contributed by atoms with Gasteiger partial charge in [0.25, 0.3) is 0 Å². The maximum atomic E-state index is 13.1. The Morgan fingerprint density at radius 3 is 1.17 bits per heavy atom. The van der Waals surface area contributed by atoms with Gasteiger partial charge in [-0.05, 0) is 77.4 Å². The fraction of sp³-hybridized carbons (Fsp3) is 0.865. The van der Waals surface area contributed by atoms with Gasteiger partial charge in [-0.3, -0.25) is 14.4 Å². The van der Waals surface area contributed by atoms with E-state index in [0.29, 0.717) is 32.5 Å². The SMILES string of the molecule is CCCCCC(CC=CCOC(=O)CCCCCCCN(CCCCCCCC(=O)OCC=CCC(CCCCC)CCCCC)C(=O)CCCN(C)C)CCCCC. The van der Waals surface area contributed by atoms with Crippen molar-refractivity contribution >= 4 is 17.8 Å². The average Bonchev–Trinajstić information content (AvgIpc) is 3.21. The Labute approximate surface area is 366 Å². The summed E-state index contributed by atoms with van der Waals surface area (Å²) in [5, 5.41) is 0. The molecule has 1 amide bonds. The van der Waals surface area contributed by atoms with Gasteiger partial charge in [0.05, 0.1) is 0 Å². The number of ether oxygens (including phenoxy) is 2. The summed E-state index contributed by atoms with van der Waals surface area (Å²) in [6.07, 6.45) is 44.2. The Morgan fingerprint density at radius 2 is 0.797 bits per heavy atom. The van der Waals surface area contributed by atoms with Crippen LogP contribution in [0.5, 0.6) is 0 Å². The molecule has 0 aromatic rings. The molecule has 0 aliphatic carbocycles. The van der Waals surface area contributed by atoms with Crippen molar-refractivity contribution in [3.8, 4) is 0 Å². The van der Waals surface area contributed by atoms with Crippen LogP contribution in [-0.2, 0) is 23.9 Å². The molecule has 0 saturated carbocycles. The summed E-state index contributed by atoms with van der Waals surface area (Å²) < 4.78 is 11.0. The van der Waals surface area contributed by atoms with Crippen LogP contribution >= 0.6 is 0 Å². The van der Waals surface area contributed by atoms with Crippen LogP contribution in [0.2, 0.25) is 0 Å². The molecule has 0 bridgehead atoms. The topological polar surface area (TPSA) is 76.1 Å². The molecular weight excluding hydrogens is 733 g/mol. The van der Waals surface area contributed by atoms with Crippen molar-refractivity contribution < 1.29 is 23.9 Å². The van der Waals surface area contributed by atoms with Gasteiger partial charge in [-0.15, -0.1) is 0 Å². The molecule has 0 fully saturated rings. The Morgan fingerprint density at radius 1 is 0.424 bits per heavy atom. The molecule has 0 N–H and O–H groups in total. The largest absolute Gasteiger partial charge is 0.461 e. The van der Waals surface area contributed by atoms with Gasteiger partial charge in [0.1, 0.15) is 13.2 Å². The first-order valence-electron chi connectivity index (χ1n) is 25.3. The Hall–Kier alpha value is -2.15. The number of esters is 2. The molecule has 0 spiro atoms. The fourth-order valence-corrected chi connectivity index (χ4v) is 7.90. The highest BCUT2D eigenvalue weighted by atomic mass is 16.5. The predicted octanol–water partition coefficient (Wildman–Crippen LogP) is 14.4. The van der Waals surface area contributed by atoms with Crippen molar-refractivity contribution in [3.63, 3.8) is 0 Å². The summed E-state index contributed by atoms with van der Waals surface area (Å²) in [4.78, 5) is 41.9. The summed E-state index contributed by atoms with van der Waals surface area (Å²) in [6.45, 7) is 12.4. The summed E-state index contributed by atoms with van der Waals surface area (Å²) in [6, 6.07) is 0. The van der Waals surface area contributed by atoms with Crippen molar-refractivity contribution in [1.82, 2.24) is 9.80 Å². The molecule has 0 unspecified atom stereocenters. The van der Waals surface area contributed by atoms with Crippen molar-refractivity contribution in [2.24, 2.45) is 11.8 Å². The van der Waals surface area contributed by atoms with Gasteiger partial charge >= 0.3 is 11.9 Å². The van der Waals surface area contributed by atoms with Gasteiger partial charge in [-0.25, -0.2) is 0 Å². The summed E-state index contributed by atoms with van der Waals surface area (Å²) >= 11 is 0. The van der Waals surface area contributed by atoms with Crippen LogP contribution in [-0.4, -0.2) is 74.6 Å². The van der Waals surface area contributed by atoms with Crippen molar-refractivity contribution in [2.45, 2.75) is 233 Å². The third-order valence-corrected chi connectivity index (χ3v) is 11.8. The Kier molecular flexibility index (Phi) is 42.3. The molecule has 0 aromatic heterocycles. The fourth-order valence-electron chi connectivity index (χ4n) is 7.90. The van der Waals surface area contributed by atoms with E-state index >= 15 is 0 Å². The molecule has 0 saturated heterocycles. The normalized spacial score (nSPS) is 11.9. The minimum atomic E-state index is -0.0935. The number of hydrogen-bond acceptors (Lipinski definition) is 6. The lowest BCUT2D eigenvalue weighted by Crippen LogP contribution is -2.33. The molecule has 7 heteroatoms. The standard InChI is InChI=1S/C52H98N2O5/c1-7-11-21-34-48(35-22-12-8-2)38-27-31-46-58-51(56)41-25-17-15-19-29-44-54(50(55)40-33-43-53(5)6)45-30-20-16-18-26-42-52(57)59-47-32-28-39-49(36-23-13-9-3)37-24-14-10-4/h27-28,31-32,48-49H,7-26,29-30,33-47H2,1-6H3. The first kappa shape index (κ1) is 56.9. The van der Waals surface area contributed by atoms with E-state index in [2.05, 4.69) is 63.7 Å². The van der Waals surface area contributed by atoms with E-state index in [9.17, 15) is 14.4 Å². The average molecular weight is 831 g/mol. The zero-order valence-electron chi connectivity index (χ0n) is 40.1. The van der Waals surface area contributed by atoms with Gasteiger partial charge in [0.15, 0.2) is 0 Å². The molecule has 0 rings (SSSR count). The second-order valence-corrected chi connectivity index (χ2v) is 17.8. The molecule has 0 radical (unpaired) electrons. The maximum absolute atomic E-state index is 13.1. The second-order valence-electron chi connectivity index (χ2n) is 17.8. The quantitative estimate of drug-likeness (QED) is 0.0346. The van der Waals surface area contributed by atoms with Gasteiger partial charge < -0.3 is 19.3 Å². The van der Waals surface area contributed by atoms with E-state index in [1.807, 2.05) is 12.2 Å². The highest BCUT2D eigenvalue weighted by Gasteiger charge is 2.14. The summed E-state index contributed by atoms with van der Waals surface area (Å²) in [7, 11) is 4.11. The Bertz CT molecular complexity index is 925. The number of carbonyl (C=O) groups is 3. The van der Waals surface area contributed by atoms with E-state index in [-0.39, 0.29) is 17.8 Å². The van der Waals surface area contributed by atoms with Crippen molar-refractivity contribution in [1.29, 1.82) is 0 Å². The van der Waals surface area contributed by atoms with E-state index in [0.717, 1.165) is 115 Å². The van der Waals surface area contributed by atoms with E-state index < -0.39 is 0 Å². The summed E-state index contributed by atoms with van der Waals surface area (Å²) in [5.41, 5.74) is 0. The first-order valence-corrected chi connectivity index (χ1v) is 25.3. The number of carbonyl (C=O) groups excluding carboxylic acids is 3. The number of hydrogen-bond donors (Lipinski definition) is 0. The highest BCUT2D eigenvalue weighted by Crippen LogP contribution is 2.23. The van der Waals surface area contributed by atoms with E-state index in [4.69, 9.17) is 9.47 Å². The number of amides is 1. The van der Waals surface area contributed by atoms with Crippen LogP contribution in [0.25, 0.3) is 0 Å². The lowest BCUT2D eigenvalue weighted by molar-refractivity contribution is -0.143. The number of unbranched alkanes of at least 4 members (excludes halogenated alkanes) is 16. The number of rotatable bonds is 44. The predicted molar refractivity (Wildman–Crippen MR) is 253 cm³/mol. The number of allylic oxidation sites excluding steroid dienone is 2. The monoisotopic (exact) mass is 831 g/mol. The van der Waals surface area contributed by atoms with Crippen LogP contribution in [0.15, 0.2) is 24.3 Å². The second kappa shape index (κ2) is 43.9. The van der Waals surface area contributed by atoms with Crippen LogP contribution in [0.3, 0.4) is 0 Å². The lowest BCUT2D eigenvalue weighted by Gasteiger charge is -2.23. The van der Waals surface area contributed by atoms with Crippen molar-refractivity contribution in [3.05, 3.63) is 24.3 Å². The van der Waals surface area contributed by atoms with Gasteiger partial charge in [-0.2, -0.15) is 0 Å². The molecule has 346 valence electrons. The van der Waals surface area contributed by atoms with E-state index in [1.54, 1.807) is 0 Å². The lowest BCUT2D eigenvalue weighted by atomic mass is 9.92. The van der Waals surface area contributed by atoms with Crippen LogP contribution in [0, 0.1) is 11.8 Å². The zero-order valence-corrected chi connectivity index (χ0v) is 40.1. The van der Waals surface area contributed by atoms with Crippen LogP contribution in [0.4, 0.5) is 0 Å². The molecule has 0 aliphatic rings. The molecule has 7 nitrogen and oxygen atoms in total. The molecule has 0 heterocycles. The number of nitrogens with zero attached hydrogens (tertiary/aromatic N) is 2. The maximum Gasteiger partial charge on any atom is 0.306 e. The van der Waals surface area contributed by atoms with Crippen LogP contribution < -0.4 is 0 Å². The van der Waals surface area contributed by atoms with Crippen molar-refractivity contribution in [2.75, 3.05) is 46.9 Å². The molecule has 59 heavy (non-hydrogen) atoms. The zero-order chi connectivity index (χ0) is 43.4. The van der Waals surface area contributed by atoms with Gasteiger partial charge in [-0.1, -0.05) is 193 Å². The minimum Gasteiger partial charge on any atom is -0.461 e. The highest BCUT2D eigenvalue weighted by molar-refractivity contribution is 5.76. The Balaban J connectivity index is 4.30. The molecule has 0 aliphatic heterocycles. The third kappa shape index (κ3) is 39.7. The molecule has 0 aromatic carbocycles. The third-order valence-electron chi connectivity index (χ3n) is 11.8. The minimum absolute atomic E-state index is 0.0935. The van der Waals surface area contributed by atoms with Gasteiger partial charge in [0, 0.05) is 32.4 Å². The smallest absolute Gasteiger partial charge is 0.306 e. The van der Waals surface area contributed by atoms with Crippen LogP contribution in [0.1, 0.15) is 233 Å². The van der Waals surface area contributed by atoms with E-state index in [1.165, 1.54) is 103 Å². The summed E-state index contributed by atoms with van der Waals surface area (Å²) in [5.74, 6) is 1.60.